The zero-order chi connectivity index (χ0) is 18.4. The average molecular weight is 419 g/mol. The van der Waals surface area contributed by atoms with Crippen LogP contribution in [0.2, 0.25) is 15.1 Å². The van der Waals surface area contributed by atoms with Gasteiger partial charge >= 0.3 is 5.97 Å². The molecule has 2 rings (SSSR count). The summed E-state index contributed by atoms with van der Waals surface area (Å²) in [5, 5.41) is 3.86. The van der Waals surface area contributed by atoms with Gasteiger partial charge in [-0.1, -0.05) is 40.9 Å². The number of esters is 1. The molecule has 0 bridgehead atoms. The third-order valence-electron chi connectivity index (χ3n) is 3.22. The van der Waals surface area contributed by atoms with Crippen molar-refractivity contribution in [3.63, 3.8) is 0 Å². The minimum absolute atomic E-state index is 0.203. The largest absolute Gasteiger partial charge is 0.452 e. The Hall–Kier alpha value is -1.40. The zero-order valence-electron chi connectivity index (χ0n) is 13.1. The molecule has 0 aliphatic carbocycles. The van der Waals surface area contributed by atoms with Gasteiger partial charge in [0, 0.05) is 21.5 Å². The normalized spacial score (nSPS) is 10.4. The number of hydrogen-bond acceptors (Lipinski definition) is 4. The molecule has 132 valence electrons. The van der Waals surface area contributed by atoms with Crippen LogP contribution in [0.3, 0.4) is 0 Å². The Kier molecular flexibility index (Phi) is 7.44. The minimum Gasteiger partial charge on any atom is -0.452 e. The van der Waals surface area contributed by atoms with Gasteiger partial charge in [-0.25, -0.2) is 4.79 Å². The van der Waals surface area contributed by atoms with E-state index in [4.69, 9.17) is 39.5 Å². The van der Waals surface area contributed by atoms with E-state index in [0.29, 0.717) is 15.6 Å². The van der Waals surface area contributed by atoms with Gasteiger partial charge in [0.05, 0.1) is 10.6 Å². The molecule has 0 atom stereocenters. The standard InChI is InChI=1S/C17H14Cl3NO3S/c1-25-12-4-5-14(19)13(7-12)17(23)24-9-16(22)21-8-10-2-3-11(18)6-15(10)20/h2-7H,8-9H2,1H3,(H,21,22). The van der Waals surface area contributed by atoms with Crippen molar-refractivity contribution in [1.82, 2.24) is 5.32 Å². The molecule has 0 aromatic heterocycles. The van der Waals surface area contributed by atoms with Crippen molar-refractivity contribution in [3.05, 3.63) is 62.6 Å². The number of benzene rings is 2. The number of carbonyl (C=O) groups excluding carboxylic acids is 2. The average Bonchev–Trinajstić information content (AvgIpc) is 2.59. The summed E-state index contributed by atoms with van der Waals surface area (Å²) in [6, 6.07) is 10.0. The Morgan fingerprint density at radius 3 is 2.52 bits per heavy atom. The molecule has 25 heavy (non-hydrogen) atoms. The van der Waals surface area contributed by atoms with E-state index in [0.717, 1.165) is 4.90 Å². The summed E-state index contributed by atoms with van der Waals surface area (Å²) >= 11 is 19.3. The van der Waals surface area contributed by atoms with E-state index in [1.807, 2.05) is 6.26 Å². The van der Waals surface area contributed by atoms with E-state index in [-0.39, 0.29) is 17.1 Å². The smallest absolute Gasteiger partial charge is 0.340 e. The first-order valence-electron chi connectivity index (χ1n) is 7.12. The SMILES string of the molecule is CSc1ccc(Cl)c(C(=O)OCC(=O)NCc2ccc(Cl)cc2Cl)c1. The summed E-state index contributed by atoms with van der Waals surface area (Å²) in [5.41, 5.74) is 0.934. The highest BCUT2D eigenvalue weighted by Gasteiger charge is 2.14. The topological polar surface area (TPSA) is 55.4 Å². The lowest BCUT2D eigenvalue weighted by atomic mass is 10.2. The lowest BCUT2D eigenvalue weighted by molar-refractivity contribution is -0.124. The summed E-state index contributed by atoms with van der Waals surface area (Å²) in [7, 11) is 0. The molecule has 2 aromatic rings. The predicted octanol–water partition coefficient (Wildman–Crippen LogP) is 4.84. The van der Waals surface area contributed by atoms with Crippen LogP contribution in [-0.2, 0) is 16.1 Å². The molecule has 0 aliphatic rings. The number of ether oxygens (including phenoxy) is 1. The fourth-order valence-electron chi connectivity index (χ4n) is 1.91. The number of carbonyl (C=O) groups is 2. The third-order valence-corrected chi connectivity index (χ3v) is 4.86. The van der Waals surface area contributed by atoms with E-state index in [9.17, 15) is 9.59 Å². The maximum absolute atomic E-state index is 12.1. The predicted molar refractivity (Wildman–Crippen MR) is 102 cm³/mol. The number of hydrogen-bond donors (Lipinski definition) is 1. The van der Waals surface area contributed by atoms with Gasteiger partial charge in [0.25, 0.3) is 5.91 Å². The second kappa shape index (κ2) is 9.34. The molecule has 0 spiro atoms. The molecule has 0 saturated carbocycles. The van der Waals surface area contributed by atoms with Crippen LogP contribution in [0.1, 0.15) is 15.9 Å². The quantitative estimate of drug-likeness (QED) is 0.538. The lowest BCUT2D eigenvalue weighted by Crippen LogP contribution is -2.28. The van der Waals surface area contributed by atoms with E-state index in [1.54, 1.807) is 36.4 Å². The van der Waals surface area contributed by atoms with Crippen molar-refractivity contribution in [2.75, 3.05) is 12.9 Å². The van der Waals surface area contributed by atoms with Gasteiger partial charge in [-0.2, -0.15) is 0 Å². The highest BCUT2D eigenvalue weighted by atomic mass is 35.5. The van der Waals surface area contributed by atoms with Gasteiger partial charge in [0.2, 0.25) is 0 Å². The second-order valence-corrected chi connectivity index (χ2v) is 7.06. The molecule has 0 radical (unpaired) electrons. The van der Waals surface area contributed by atoms with Crippen LogP contribution in [0, 0.1) is 0 Å². The van der Waals surface area contributed by atoms with Crippen LogP contribution in [-0.4, -0.2) is 24.7 Å². The zero-order valence-corrected chi connectivity index (χ0v) is 16.2. The number of rotatable bonds is 6. The number of halogens is 3. The van der Waals surface area contributed by atoms with Gasteiger partial charge in [-0.05, 0) is 42.2 Å². The van der Waals surface area contributed by atoms with Gasteiger partial charge < -0.3 is 10.1 Å². The highest BCUT2D eigenvalue weighted by molar-refractivity contribution is 7.98. The Bertz CT molecular complexity index is 799. The number of amides is 1. The maximum atomic E-state index is 12.1. The molecule has 1 N–H and O–H groups in total. The van der Waals surface area contributed by atoms with Crippen molar-refractivity contribution in [2.45, 2.75) is 11.4 Å². The number of nitrogens with one attached hydrogen (secondary N) is 1. The molecule has 0 fully saturated rings. The van der Waals surface area contributed by atoms with Crippen molar-refractivity contribution in [2.24, 2.45) is 0 Å². The van der Waals surface area contributed by atoms with Gasteiger partial charge in [0.1, 0.15) is 0 Å². The summed E-state index contributed by atoms with van der Waals surface area (Å²) in [5.74, 6) is -1.10. The summed E-state index contributed by atoms with van der Waals surface area (Å²) in [4.78, 5) is 24.8. The highest BCUT2D eigenvalue weighted by Crippen LogP contribution is 2.24. The van der Waals surface area contributed by atoms with Crippen molar-refractivity contribution < 1.29 is 14.3 Å². The van der Waals surface area contributed by atoms with Crippen molar-refractivity contribution in [3.8, 4) is 0 Å². The van der Waals surface area contributed by atoms with E-state index >= 15 is 0 Å². The van der Waals surface area contributed by atoms with E-state index in [2.05, 4.69) is 5.32 Å². The van der Waals surface area contributed by atoms with Crippen molar-refractivity contribution in [1.29, 1.82) is 0 Å². The fourth-order valence-corrected chi connectivity index (χ4v) is 3.02. The second-order valence-electron chi connectivity index (χ2n) is 4.93. The Morgan fingerprint density at radius 1 is 1.08 bits per heavy atom. The van der Waals surface area contributed by atoms with Crippen molar-refractivity contribution >= 4 is 58.4 Å². The van der Waals surface area contributed by atoms with E-state index < -0.39 is 18.5 Å². The van der Waals surface area contributed by atoms with Crippen LogP contribution in [0.25, 0.3) is 0 Å². The molecule has 0 aliphatic heterocycles. The van der Waals surface area contributed by atoms with Gasteiger partial charge in [-0.3, -0.25) is 4.79 Å². The van der Waals surface area contributed by atoms with Crippen LogP contribution in [0.15, 0.2) is 41.3 Å². The van der Waals surface area contributed by atoms with Crippen LogP contribution in [0.5, 0.6) is 0 Å². The molecule has 1 amide bonds. The van der Waals surface area contributed by atoms with E-state index in [1.165, 1.54) is 11.8 Å². The lowest BCUT2D eigenvalue weighted by Gasteiger charge is -2.09. The minimum atomic E-state index is -0.652. The van der Waals surface area contributed by atoms with Gasteiger partial charge in [-0.15, -0.1) is 11.8 Å². The number of thioether (sulfide) groups is 1. The van der Waals surface area contributed by atoms with Crippen LogP contribution in [0.4, 0.5) is 0 Å². The molecular weight excluding hydrogens is 405 g/mol. The molecule has 0 saturated heterocycles. The molecule has 4 nitrogen and oxygen atoms in total. The van der Waals surface area contributed by atoms with Gasteiger partial charge in [0.15, 0.2) is 6.61 Å². The first-order chi connectivity index (χ1) is 11.9. The molecule has 0 heterocycles. The summed E-state index contributed by atoms with van der Waals surface area (Å²) in [6.07, 6.45) is 1.88. The molecular formula is C17H14Cl3NO3S. The summed E-state index contributed by atoms with van der Waals surface area (Å²) in [6.45, 7) is -0.209. The Labute approximate surface area is 164 Å². The van der Waals surface area contributed by atoms with Crippen LogP contribution < -0.4 is 5.32 Å². The first kappa shape index (κ1) is 19.9. The molecule has 2 aromatic carbocycles. The molecule has 8 heteroatoms. The monoisotopic (exact) mass is 417 g/mol. The summed E-state index contributed by atoms with van der Waals surface area (Å²) < 4.78 is 5.01. The first-order valence-corrected chi connectivity index (χ1v) is 9.48. The third kappa shape index (κ3) is 5.82. The van der Waals surface area contributed by atoms with Crippen LogP contribution >= 0.6 is 46.6 Å². The molecule has 0 unspecified atom stereocenters. The maximum Gasteiger partial charge on any atom is 0.340 e. The fraction of sp³-hybridized carbons (Fsp3) is 0.176. The Morgan fingerprint density at radius 2 is 1.84 bits per heavy atom. The Balaban J connectivity index is 1.88.